The number of benzene rings is 1. The van der Waals surface area contributed by atoms with Gasteiger partial charge >= 0.3 is 5.97 Å². The summed E-state index contributed by atoms with van der Waals surface area (Å²) in [5, 5.41) is 11.3. The highest BCUT2D eigenvalue weighted by Crippen LogP contribution is 2.37. The molecular weight excluding hydrogens is 332 g/mol. The van der Waals surface area contributed by atoms with Gasteiger partial charge in [0.1, 0.15) is 11.6 Å². The highest BCUT2D eigenvalue weighted by Gasteiger charge is 2.33. The first kappa shape index (κ1) is 17.0. The summed E-state index contributed by atoms with van der Waals surface area (Å²) in [6.07, 6.45) is 1.38. The van der Waals surface area contributed by atoms with Crippen molar-refractivity contribution in [2.45, 2.75) is 25.8 Å². The topological polar surface area (TPSA) is 40.5 Å². The number of hydrogen-bond acceptors (Lipinski definition) is 3. The SMILES string of the molecule is Cc1csc(C(c2ccc(F)cc2F)N2CCCC(C(=O)O)C2)c1. The Morgan fingerprint density at radius 1 is 1.38 bits per heavy atom. The standard InChI is InChI=1S/C18H19F2NO2S/c1-11-7-16(24-10-11)17(14-5-4-13(19)8-15(14)20)21-6-2-3-12(9-21)18(22)23/h4-5,7-8,10,12,17H,2-3,6,9H2,1H3,(H,22,23). The number of aliphatic carboxylic acids is 1. The molecule has 2 heterocycles. The van der Waals surface area contributed by atoms with Crippen molar-refractivity contribution in [1.29, 1.82) is 0 Å². The molecule has 1 aromatic heterocycles. The van der Waals surface area contributed by atoms with Crippen molar-refractivity contribution in [2.24, 2.45) is 5.92 Å². The van der Waals surface area contributed by atoms with Gasteiger partial charge in [-0.15, -0.1) is 11.3 Å². The first-order valence-corrected chi connectivity index (χ1v) is 8.80. The second-order valence-electron chi connectivity index (χ2n) is 6.27. The molecule has 128 valence electrons. The molecule has 3 rings (SSSR count). The van der Waals surface area contributed by atoms with Crippen LogP contribution >= 0.6 is 11.3 Å². The summed E-state index contributed by atoms with van der Waals surface area (Å²) >= 11 is 1.52. The molecule has 1 aliphatic rings. The molecule has 1 aromatic carbocycles. The van der Waals surface area contributed by atoms with Crippen molar-refractivity contribution in [3.05, 3.63) is 57.3 Å². The van der Waals surface area contributed by atoms with Crippen molar-refractivity contribution in [2.75, 3.05) is 13.1 Å². The maximum atomic E-state index is 14.4. The zero-order valence-corrected chi connectivity index (χ0v) is 14.2. The average Bonchev–Trinajstić information content (AvgIpc) is 2.96. The number of hydrogen-bond donors (Lipinski definition) is 1. The van der Waals surface area contributed by atoms with Crippen LogP contribution in [0.25, 0.3) is 0 Å². The Bertz CT molecular complexity index is 746. The summed E-state index contributed by atoms with van der Waals surface area (Å²) in [6, 6.07) is 5.22. The van der Waals surface area contributed by atoms with Gasteiger partial charge in [-0.05, 0) is 49.4 Å². The Hall–Kier alpha value is -1.79. The van der Waals surface area contributed by atoms with Gasteiger partial charge in [0.2, 0.25) is 0 Å². The number of carboxylic acid groups (broad SMARTS) is 1. The molecule has 1 saturated heterocycles. The van der Waals surface area contributed by atoms with Gasteiger partial charge in [0, 0.05) is 23.1 Å². The van der Waals surface area contributed by atoms with Crippen LogP contribution in [0.3, 0.4) is 0 Å². The summed E-state index contributed by atoms with van der Waals surface area (Å²) < 4.78 is 27.7. The fourth-order valence-corrected chi connectivity index (χ4v) is 4.34. The third-order valence-electron chi connectivity index (χ3n) is 4.44. The van der Waals surface area contributed by atoms with E-state index in [1.807, 2.05) is 23.3 Å². The lowest BCUT2D eigenvalue weighted by molar-refractivity contribution is -0.143. The number of rotatable bonds is 4. The predicted octanol–water partition coefficient (Wildman–Crippen LogP) is 4.22. The number of likely N-dealkylation sites (tertiary alicyclic amines) is 1. The smallest absolute Gasteiger partial charge is 0.307 e. The summed E-state index contributed by atoms with van der Waals surface area (Å²) in [6.45, 7) is 3.03. The van der Waals surface area contributed by atoms with E-state index in [4.69, 9.17) is 0 Å². The van der Waals surface area contributed by atoms with E-state index in [-0.39, 0.29) is 6.04 Å². The van der Waals surface area contributed by atoms with Gasteiger partial charge in [-0.25, -0.2) is 8.78 Å². The number of piperidine rings is 1. The zero-order chi connectivity index (χ0) is 17.3. The van der Waals surface area contributed by atoms with Crippen LogP contribution in [0.4, 0.5) is 8.78 Å². The van der Waals surface area contributed by atoms with Gasteiger partial charge in [-0.1, -0.05) is 6.07 Å². The molecule has 3 nitrogen and oxygen atoms in total. The Morgan fingerprint density at radius 3 is 2.79 bits per heavy atom. The lowest BCUT2D eigenvalue weighted by atomic mass is 9.94. The second kappa shape index (κ2) is 6.99. The van der Waals surface area contributed by atoms with E-state index >= 15 is 0 Å². The highest BCUT2D eigenvalue weighted by molar-refractivity contribution is 7.10. The van der Waals surface area contributed by atoms with E-state index < -0.39 is 23.5 Å². The van der Waals surface area contributed by atoms with Crippen molar-refractivity contribution >= 4 is 17.3 Å². The molecule has 0 saturated carbocycles. The minimum absolute atomic E-state index is 0.369. The summed E-state index contributed by atoms with van der Waals surface area (Å²) in [4.78, 5) is 14.3. The molecule has 0 amide bonds. The number of halogens is 2. The van der Waals surface area contributed by atoms with Crippen LogP contribution in [0.15, 0.2) is 29.6 Å². The molecule has 0 spiro atoms. The van der Waals surface area contributed by atoms with Crippen LogP contribution < -0.4 is 0 Å². The average molecular weight is 351 g/mol. The Balaban J connectivity index is 2.00. The number of carboxylic acids is 1. The fourth-order valence-electron chi connectivity index (χ4n) is 3.29. The number of carbonyl (C=O) groups is 1. The molecule has 2 aromatic rings. The van der Waals surface area contributed by atoms with E-state index in [1.54, 1.807) is 0 Å². The normalized spacial score (nSPS) is 20.0. The molecule has 0 bridgehead atoms. The fraction of sp³-hybridized carbons (Fsp3) is 0.389. The molecule has 1 aliphatic heterocycles. The summed E-state index contributed by atoms with van der Waals surface area (Å²) in [5.74, 6) is -2.48. The van der Waals surface area contributed by atoms with Crippen LogP contribution in [0.1, 0.15) is 34.9 Å². The van der Waals surface area contributed by atoms with Crippen LogP contribution in [-0.2, 0) is 4.79 Å². The van der Waals surface area contributed by atoms with E-state index in [0.717, 1.165) is 22.9 Å². The predicted molar refractivity (Wildman–Crippen MR) is 89.2 cm³/mol. The van der Waals surface area contributed by atoms with E-state index in [2.05, 4.69) is 0 Å². The van der Waals surface area contributed by atoms with Crippen molar-refractivity contribution in [1.82, 2.24) is 4.90 Å². The Morgan fingerprint density at radius 2 is 2.17 bits per heavy atom. The van der Waals surface area contributed by atoms with Crippen molar-refractivity contribution in [3.8, 4) is 0 Å². The Kier molecular flexibility index (Phi) is 4.96. The van der Waals surface area contributed by atoms with E-state index in [0.29, 0.717) is 25.1 Å². The number of aryl methyl sites for hydroxylation is 1. The molecule has 0 radical (unpaired) electrons. The minimum Gasteiger partial charge on any atom is -0.481 e. The Labute approximate surface area is 143 Å². The third-order valence-corrected chi connectivity index (χ3v) is 5.55. The number of thiophene rings is 1. The zero-order valence-electron chi connectivity index (χ0n) is 13.3. The van der Waals surface area contributed by atoms with Crippen LogP contribution in [0.2, 0.25) is 0 Å². The third kappa shape index (κ3) is 3.49. The van der Waals surface area contributed by atoms with Gasteiger partial charge in [-0.3, -0.25) is 9.69 Å². The van der Waals surface area contributed by atoms with Gasteiger partial charge in [0.15, 0.2) is 0 Å². The van der Waals surface area contributed by atoms with Crippen molar-refractivity contribution < 1.29 is 18.7 Å². The van der Waals surface area contributed by atoms with Crippen LogP contribution in [0, 0.1) is 24.5 Å². The largest absolute Gasteiger partial charge is 0.481 e. The summed E-state index contributed by atoms with van der Waals surface area (Å²) in [5.41, 5.74) is 1.47. The highest BCUT2D eigenvalue weighted by atomic mass is 32.1. The summed E-state index contributed by atoms with van der Waals surface area (Å²) in [7, 11) is 0. The van der Waals surface area contributed by atoms with Gasteiger partial charge in [0.05, 0.1) is 12.0 Å². The van der Waals surface area contributed by atoms with E-state index in [1.165, 1.54) is 23.5 Å². The van der Waals surface area contributed by atoms with E-state index in [9.17, 15) is 18.7 Å². The van der Waals surface area contributed by atoms with Crippen LogP contribution in [0.5, 0.6) is 0 Å². The quantitative estimate of drug-likeness (QED) is 0.897. The molecule has 1 fully saturated rings. The molecule has 0 aliphatic carbocycles. The molecule has 2 unspecified atom stereocenters. The first-order valence-electron chi connectivity index (χ1n) is 7.92. The monoisotopic (exact) mass is 351 g/mol. The lowest BCUT2D eigenvalue weighted by Crippen LogP contribution is -2.41. The lowest BCUT2D eigenvalue weighted by Gasteiger charge is -2.37. The van der Waals surface area contributed by atoms with Crippen molar-refractivity contribution in [3.63, 3.8) is 0 Å². The minimum atomic E-state index is -0.819. The maximum absolute atomic E-state index is 14.4. The molecular formula is C18H19F2NO2S. The van der Waals surface area contributed by atoms with Gasteiger partial charge < -0.3 is 5.11 Å². The van der Waals surface area contributed by atoms with Gasteiger partial charge in [-0.2, -0.15) is 0 Å². The number of nitrogens with zero attached hydrogens (tertiary/aromatic N) is 1. The maximum Gasteiger partial charge on any atom is 0.307 e. The first-order chi connectivity index (χ1) is 11.5. The molecule has 1 N–H and O–H groups in total. The molecule has 24 heavy (non-hydrogen) atoms. The second-order valence-corrected chi connectivity index (χ2v) is 7.21. The van der Waals surface area contributed by atoms with Crippen LogP contribution in [-0.4, -0.2) is 29.1 Å². The molecule has 6 heteroatoms. The molecule has 2 atom stereocenters. The van der Waals surface area contributed by atoms with Gasteiger partial charge in [0.25, 0.3) is 0 Å².